The van der Waals surface area contributed by atoms with Crippen LogP contribution < -0.4 is 5.19 Å². The number of hydrogen-bond acceptors (Lipinski definition) is 0. The number of hydrogen-bond donors (Lipinski definition) is 0. The highest BCUT2D eigenvalue weighted by atomic mass is 28.3. The minimum absolute atomic E-state index is 0.282. The van der Waals surface area contributed by atoms with E-state index in [0.717, 1.165) is 0 Å². The second-order valence-corrected chi connectivity index (χ2v) is 8.42. The van der Waals surface area contributed by atoms with Gasteiger partial charge in [-0.15, -0.1) is 0 Å². The monoisotopic (exact) mass is 241 g/mol. The van der Waals surface area contributed by atoms with Crippen LogP contribution in [0, 0.1) is 5.41 Å². The Bertz CT molecular complexity index is 434. The predicted octanol–water partition coefficient (Wildman–Crippen LogP) is 3.93. The van der Waals surface area contributed by atoms with Crippen LogP contribution in [0.1, 0.15) is 20.8 Å². The van der Waals surface area contributed by atoms with Gasteiger partial charge in [-0.1, -0.05) is 81.1 Å². The molecule has 0 fully saturated rings. The van der Waals surface area contributed by atoms with Crippen LogP contribution in [-0.4, -0.2) is 8.80 Å². The first-order chi connectivity index (χ1) is 7.98. The zero-order valence-electron chi connectivity index (χ0n) is 11.2. The van der Waals surface area contributed by atoms with Gasteiger partial charge in [-0.3, -0.25) is 0 Å². The van der Waals surface area contributed by atoms with Crippen molar-refractivity contribution in [3.05, 3.63) is 54.1 Å². The van der Waals surface area contributed by atoms with Gasteiger partial charge in [-0.2, -0.15) is 0 Å². The molecule has 1 aliphatic rings. The molecule has 0 heterocycles. The van der Waals surface area contributed by atoms with Crippen LogP contribution in [0.4, 0.5) is 0 Å². The van der Waals surface area contributed by atoms with Crippen LogP contribution in [-0.2, 0) is 0 Å². The maximum atomic E-state index is 2.47. The van der Waals surface area contributed by atoms with E-state index in [9.17, 15) is 0 Å². The number of allylic oxidation sites excluding steroid dienone is 4. The maximum absolute atomic E-state index is 2.47. The topological polar surface area (TPSA) is 0 Å². The fourth-order valence-electron chi connectivity index (χ4n) is 2.17. The highest BCUT2D eigenvalue weighted by Crippen LogP contribution is 2.34. The van der Waals surface area contributed by atoms with Gasteiger partial charge in [0.15, 0.2) is 0 Å². The average Bonchev–Trinajstić information content (AvgIpc) is 2.78. The molecule has 0 aliphatic heterocycles. The van der Waals surface area contributed by atoms with Crippen molar-refractivity contribution in [3.8, 4) is 0 Å². The van der Waals surface area contributed by atoms with Gasteiger partial charge in [0.2, 0.25) is 0 Å². The highest BCUT2D eigenvalue weighted by Gasteiger charge is 2.24. The molecule has 0 N–H and O–H groups in total. The lowest BCUT2D eigenvalue weighted by atomic mass is 9.87. The fourth-order valence-corrected chi connectivity index (χ4v) is 4.09. The molecule has 0 amide bonds. The molecule has 1 aliphatic carbocycles. The summed E-state index contributed by atoms with van der Waals surface area (Å²) in [4.78, 5) is 0. The minimum Gasteiger partial charge on any atom is -0.0799 e. The van der Waals surface area contributed by atoms with Crippen LogP contribution in [0.2, 0.25) is 12.1 Å². The van der Waals surface area contributed by atoms with Crippen molar-refractivity contribution in [2.45, 2.75) is 32.9 Å². The third-order valence-corrected chi connectivity index (χ3v) is 6.04. The Hall–Kier alpha value is -1.08. The molecule has 1 atom stereocenters. The lowest BCUT2D eigenvalue weighted by molar-refractivity contribution is 0.518. The standard InChI is InChI=1S/C16H21Si/c1-16(2,3)13-10-11-15(12-13)17(4)14-8-6-5-7-9-14/h5-12,15H,1-4H3. The molecular formula is C16H21Si. The Balaban J connectivity index is 2.17. The molecular weight excluding hydrogens is 220 g/mol. The second kappa shape index (κ2) is 4.65. The normalized spacial score (nSPS) is 19.8. The van der Waals surface area contributed by atoms with Crippen LogP contribution in [0.3, 0.4) is 0 Å². The largest absolute Gasteiger partial charge is 0.0936 e. The van der Waals surface area contributed by atoms with Crippen molar-refractivity contribution >= 4 is 14.0 Å². The van der Waals surface area contributed by atoms with Gasteiger partial charge in [-0.25, -0.2) is 0 Å². The van der Waals surface area contributed by atoms with Crippen LogP contribution in [0.5, 0.6) is 0 Å². The van der Waals surface area contributed by atoms with E-state index in [1.807, 2.05) is 0 Å². The Morgan fingerprint density at radius 2 is 1.71 bits per heavy atom. The summed E-state index contributed by atoms with van der Waals surface area (Å²) >= 11 is 0. The molecule has 0 aromatic heterocycles. The zero-order valence-corrected chi connectivity index (χ0v) is 12.2. The van der Waals surface area contributed by atoms with Crippen LogP contribution >= 0.6 is 0 Å². The summed E-state index contributed by atoms with van der Waals surface area (Å²) in [6, 6.07) is 10.9. The molecule has 17 heavy (non-hydrogen) atoms. The molecule has 0 spiro atoms. The summed E-state index contributed by atoms with van der Waals surface area (Å²) < 4.78 is 0. The Morgan fingerprint density at radius 3 is 2.24 bits per heavy atom. The molecule has 1 aromatic carbocycles. The predicted molar refractivity (Wildman–Crippen MR) is 78.1 cm³/mol. The SMILES string of the molecule is C[Si](c1ccccc1)C1C=CC(C(C)(C)C)=C1. The van der Waals surface area contributed by atoms with E-state index in [0.29, 0.717) is 5.54 Å². The molecule has 0 saturated heterocycles. The molecule has 2 rings (SSSR count). The molecule has 1 radical (unpaired) electrons. The first-order valence-electron chi connectivity index (χ1n) is 6.28. The minimum atomic E-state index is -0.500. The van der Waals surface area contributed by atoms with Gasteiger partial charge in [0.25, 0.3) is 0 Å². The molecule has 1 aromatic rings. The summed E-state index contributed by atoms with van der Waals surface area (Å²) in [6.07, 6.45) is 7.19. The summed E-state index contributed by atoms with van der Waals surface area (Å²) in [5, 5.41) is 1.53. The van der Waals surface area contributed by atoms with Crippen molar-refractivity contribution < 1.29 is 0 Å². The Labute approximate surface area is 107 Å². The van der Waals surface area contributed by atoms with E-state index in [1.165, 1.54) is 10.8 Å². The van der Waals surface area contributed by atoms with Gasteiger partial charge in [0.05, 0.1) is 8.80 Å². The highest BCUT2D eigenvalue weighted by molar-refractivity contribution is 6.74. The van der Waals surface area contributed by atoms with E-state index in [-0.39, 0.29) is 5.41 Å². The number of benzene rings is 1. The molecule has 0 saturated carbocycles. The molecule has 89 valence electrons. The second-order valence-electron chi connectivity index (χ2n) is 5.81. The fraction of sp³-hybridized carbons (Fsp3) is 0.375. The summed E-state index contributed by atoms with van der Waals surface area (Å²) in [5.41, 5.74) is 2.42. The lowest BCUT2D eigenvalue weighted by Gasteiger charge is -2.19. The molecule has 0 bridgehead atoms. The summed E-state index contributed by atoms with van der Waals surface area (Å²) in [7, 11) is -0.500. The zero-order chi connectivity index (χ0) is 12.5. The third kappa shape index (κ3) is 2.78. The van der Waals surface area contributed by atoms with Crippen LogP contribution in [0.15, 0.2) is 54.1 Å². The van der Waals surface area contributed by atoms with Crippen molar-refractivity contribution in [2.75, 3.05) is 0 Å². The van der Waals surface area contributed by atoms with Crippen molar-refractivity contribution in [1.29, 1.82) is 0 Å². The Kier molecular flexibility index (Phi) is 3.39. The van der Waals surface area contributed by atoms with E-state index < -0.39 is 8.80 Å². The quantitative estimate of drug-likeness (QED) is 0.688. The van der Waals surface area contributed by atoms with Crippen molar-refractivity contribution in [3.63, 3.8) is 0 Å². The first kappa shape index (κ1) is 12.4. The summed E-state index contributed by atoms with van der Waals surface area (Å²) in [5.74, 6) is 0. The first-order valence-corrected chi connectivity index (χ1v) is 8.35. The van der Waals surface area contributed by atoms with Crippen molar-refractivity contribution in [1.82, 2.24) is 0 Å². The smallest absolute Gasteiger partial charge is 0.0799 e. The molecule has 0 nitrogen and oxygen atoms in total. The van der Waals surface area contributed by atoms with Gasteiger partial charge in [0, 0.05) is 0 Å². The van der Waals surface area contributed by atoms with E-state index in [2.05, 4.69) is 75.9 Å². The lowest BCUT2D eigenvalue weighted by Crippen LogP contribution is -2.29. The van der Waals surface area contributed by atoms with Crippen molar-refractivity contribution in [2.24, 2.45) is 5.41 Å². The van der Waals surface area contributed by atoms with E-state index >= 15 is 0 Å². The van der Waals surface area contributed by atoms with E-state index in [1.54, 1.807) is 0 Å². The Morgan fingerprint density at radius 1 is 1.06 bits per heavy atom. The van der Waals surface area contributed by atoms with E-state index in [4.69, 9.17) is 0 Å². The maximum Gasteiger partial charge on any atom is 0.0936 e. The van der Waals surface area contributed by atoms with Gasteiger partial charge in [-0.05, 0) is 16.5 Å². The molecule has 1 unspecified atom stereocenters. The number of rotatable bonds is 2. The third-order valence-electron chi connectivity index (χ3n) is 3.44. The van der Waals surface area contributed by atoms with Gasteiger partial charge >= 0.3 is 0 Å². The molecule has 1 heteroatoms. The van der Waals surface area contributed by atoms with Gasteiger partial charge < -0.3 is 0 Å². The summed E-state index contributed by atoms with van der Waals surface area (Å²) in [6.45, 7) is 9.28. The van der Waals surface area contributed by atoms with Gasteiger partial charge in [0.1, 0.15) is 0 Å². The van der Waals surface area contributed by atoms with Crippen LogP contribution in [0.25, 0.3) is 0 Å². The average molecular weight is 241 g/mol.